The molecule has 2 aromatic rings. The monoisotopic (exact) mass is 590 g/mol. The summed E-state index contributed by atoms with van der Waals surface area (Å²) in [5.41, 5.74) is -1.09. The largest absolute Gasteiger partial charge is 0.509 e. The number of allylic oxidation sites excluding steroid dienone is 1. The average Bonchev–Trinajstić information content (AvgIpc) is 3.08. The second kappa shape index (κ2) is 9.83. The van der Waals surface area contributed by atoms with Gasteiger partial charge in [-0.1, -0.05) is 26.8 Å². The molecule has 11 nitrogen and oxygen atoms in total. The Morgan fingerprint density at radius 2 is 1.90 bits per heavy atom. The lowest BCUT2D eigenvalue weighted by molar-refractivity contribution is -0.129. The highest BCUT2D eigenvalue weighted by Crippen LogP contribution is 2.44. The zero-order valence-electron chi connectivity index (χ0n) is 22.2. The Bertz CT molecular complexity index is 1750. The van der Waals surface area contributed by atoms with Crippen molar-refractivity contribution in [3.8, 4) is 11.8 Å². The Kier molecular flexibility index (Phi) is 7.10. The normalized spacial score (nSPS) is 18.8. The van der Waals surface area contributed by atoms with Crippen molar-refractivity contribution in [1.82, 2.24) is 4.90 Å². The van der Waals surface area contributed by atoms with Crippen LogP contribution in [0.15, 0.2) is 63.2 Å². The fourth-order valence-electron chi connectivity index (χ4n) is 4.78. The van der Waals surface area contributed by atoms with Gasteiger partial charge >= 0.3 is 0 Å². The van der Waals surface area contributed by atoms with Crippen molar-refractivity contribution in [3.63, 3.8) is 0 Å². The lowest BCUT2D eigenvalue weighted by Crippen LogP contribution is -2.43. The van der Waals surface area contributed by atoms with E-state index in [1.165, 1.54) is 42.3 Å². The van der Waals surface area contributed by atoms with E-state index in [1.807, 2.05) is 0 Å². The summed E-state index contributed by atoms with van der Waals surface area (Å²) in [6, 6.07) is 8.42. The molecule has 2 heterocycles. The number of carbonyl (C=O) groups is 1. The molecule has 0 fully saturated rings. The van der Waals surface area contributed by atoms with Crippen LogP contribution >= 0.6 is 0 Å². The molecule has 3 N–H and O–H groups in total. The molecule has 4 rings (SSSR count). The minimum absolute atomic E-state index is 0.0184. The molecule has 0 spiro atoms. The molecule has 0 saturated carbocycles. The molecule has 1 atom stereocenters. The van der Waals surface area contributed by atoms with Crippen LogP contribution in [0.1, 0.15) is 26.3 Å². The van der Waals surface area contributed by atoms with E-state index in [2.05, 4.69) is 10.0 Å². The standard InChI is InChI=1S/C26H27FN4O7S2/c1-26(2,3)24-23(32)21(25(33)31(24)13-14-6-8-16(27)18(10-14)38-4)22-20(12-28)40(36,37)19-11-15(30-39(5,34)35)7-9-17(19)29-22/h6-11,24,29-30,32H,13H2,1-5H3. The van der Waals surface area contributed by atoms with Crippen LogP contribution in [0.2, 0.25) is 0 Å². The molecule has 1 unspecified atom stereocenters. The number of rotatable bonds is 6. The van der Waals surface area contributed by atoms with Gasteiger partial charge in [-0.15, -0.1) is 0 Å². The number of methoxy groups -OCH3 is 1. The van der Waals surface area contributed by atoms with Crippen LogP contribution in [0.3, 0.4) is 0 Å². The maximum absolute atomic E-state index is 14.0. The minimum Gasteiger partial charge on any atom is -0.509 e. The number of aliphatic hydroxyl groups excluding tert-OH is 1. The topological polar surface area (TPSA) is 166 Å². The van der Waals surface area contributed by atoms with Crippen molar-refractivity contribution in [2.24, 2.45) is 5.41 Å². The summed E-state index contributed by atoms with van der Waals surface area (Å²) < 4.78 is 71.5. The molecule has 0 saturated heterocycles. The number of benzene rings is 2. The first-order valence-electron chi connectivity index (χ1n) is 11.8. The predicted octanol–water partition coefficient (Wildman–Crippen LogP) is 3.41. The molecule has 1 amide bonds. The van der Waals surface area contributed by atoms with Crippen molar-refractivity contribution < 1.29 is 35.9 Å². The van der Waals surface area contributed by atoms with Crippen molar-refractivity contribution in [2.75, 3.05) is 23.4 Å². The average molecular weight is 591 g/mol. The highest BCUT2D eigenvalue weighted by atomic mass is 32.2. The molecule has 14 heteroatoms. The van der Waals surface area contributed by atoms with Gasteiger partial charge in [0.05, 0.1) is 35.7 Å². The lowest BCUT2D eigenvalue weighted by Gasteiger charge is -2.35. The molecule has 2 aliphatic rings. The van der Waals surface area contributed by atoms with Gasteiger partial charge < -0.3 is 20.1 Å². The maximum Gasteiger partial charge on any atom is 0.260 e. The Labute approximate surface area is 231 Å². The van der Waals surface area contributed by atoms with Crippen LogP contribution in [0.5, 0.6) is 5.75 Å². The number of hydrogen-bond acceptors (Lipinski definition) is 9. The zero-order chi connectivity index (χ0) is 29.8. The van der Waals surface area contributed by atoms with Crippen LogP contribution in [0, 0.1) is 22.6 Å². The molecule has 0 aliphatic carbocycles. The van der Waals surface area contributed by atoms with Gasteiger partial charge in [0, 0.05) is 12.2 Å². The third kappa shape index (κ3) is 5.09. The van der Waals surface area contributed by atoms with Gasteiger partial charge in [-0.25, -0.2) is 21.2 Å². The van der Waals surface area contributed by atoms with E-state index in [1.54, 1.807) is 26.8 Å². The van der Waals surface area contributed by atoms with Crippen LogP contribution in [-0.2, 0) is 31.2 Å². The second-order valence-electron chi connectivity index (χ2n) is 10.5. The first kappa shape index (κ1) is 28.9. The number of halogens is 1. The minimum atomic E-state index is -4.54. The van der Waals surface area contributed by atoms with Gasteiger partial charge in [0.15, 0.2) is 16.5 Å². The molecule has 2 aliphatic heterocycles. The SMILES string of the molecule is COc1cc(CN2C(=O)C(C3=C(C#N)S(=O)(=O)c4cc(NS(C)(=O)=O)ccc4N3)=C(O)C2C(C)(C)C)ccc1F. The van der Waals surface area contributed by atoms with Crippen LogP contribution in [0.25, 0.3) is 0 Å². The van der Waals surface area contributed by atoms with E-state index in [-0.39, 0.29) is 28.6 Å². The van der Waals surface area contributed by atoms with Crippen LogP contribution in [0.4, 0.5) is 15.8 Å². The molecule has 40 heavy (non-hydrogen) atoms. The quantitative estimate of drug-likeness (QED) is 0.457. The van der Waals surface area contributed by atoms with Gasteiger partial charge in [0.1, 0.15) is 17.4 Å². The number of hydrogen-bond donors (Lipinski definition) is 3. The fourth-order valence-corrected chi connectivity index (χ4v) is 6.79. The van der Waals surface area contributed by atoms with E-state index in [9.17, 15) is 36.4 Å². The third-order valence-corrected chi connectivity index (χ3v) is 8.73. The fraction of sp³-hybridized carbons (Fsp3) is 0.308. The number of nitrogens with zero attached hydrogens (tertiary/aromatic N) is 2. The number of carbonyl (C=O) groups excluding carboxylic acids is 1. The summed E-state index contributed by atoms with van der Waals surface area (Å²) in [6.07, 6.45) is 0.901. The van der Waals surface area contributed by atoms with Gasteiger partial charge in [-0.3, -0.25) is 9.52 Å². The smallest absolute Gasteiger partial charge is 0.260 e. The number of sulfone groups is 1. The number of aliphatic hydroxyl groups is 1. The van der Waals surface area contributed by atoms with Crippen molar-refractivity contribution in [2.45, 2.75) is 38.3 Å². The van der Waals surface area contributed by atoms with E-state index >= 15 is 0 Å². The number of nitriles is 1. The number of sulfonamides is 1. The first-order chi connectivity index (χ1) is 18.5. The van der Waals surface area contributed by atoms with E-state index in [0.717, 1.165) is 12.3 Å². The van der Waals surface area contributed by atoms with Gasteiger partial charge in [-0.05, 0) is 41.3 Å². The van der Waals surface area contributed by atoms with Gasteiger partial charge in [0.25, 0.3) is 5.91 Å². The van der Waals surface area contributed by atoms with Crippen LogP contribution < -0.4 is 14.8 Å². The summed E-state index contributed by atoms with van der Waals surface area (Å²) in [5.74, 6) is -1.81. The molecule has 212 valence electrons. The first-order valence-corrected chi connectivity index (χ1v) is 15.2. The number of ether oxygens (including phenoxy) is 1. The van der Waals surface area contributed by atoms with Crippen molar-refractivity contribution in [1.29, 1.82) is 5.26 Å². The lowest BCUT2D eigenvalue weighted by atomic mass is 9.85. The maximum atomic E-state index is 14.0. The molecule has 0 bridgehead atoms. The second-order valence-corrected chi connectivity index (χ2v) is 14.1. The summed E-state index contributed by atoms with van der Waals surface area (Å²) >= 11 is 0. The van der Waals surface area contributed by atoms with E-state index < -0.39 is 65.0 Å². The van der Waals surface area contributed by atoms with Crippen molar-refractivity contribution >= 4 is 37.1 Å². The summed E-state index contributed by atoms with van der Waals surface area (Å²) in [7, 11) is -6.96. The Morgan fingerprint density at radius 1 is 1.23 bits per heavy atom. The zero-order valence-corrected chi connectivity index (χ0v) is 23.9. The highest BCUT2D eigenvalue weighted by Gasteiger charge is 2.49. The van der Waals surface area contributed by atoms with E-state index in [0.29, 0.717) is 5.56 Å². The molecule has 0 radical (unpaired) electrons. The van der Waals surface area contributed by atoms with Gasteiger partial charge in [0.2, 0.25) is 19.9 Å². The number of nitrogens with one attached hydrogen (secondary N) is 2. The predicted molar refractivity (Wildman–Crippen MR) is 145 cm³/mol. The summed E-state index contributed by atoms with van der Waals surface area (Å²) in [6.45, 7) is 5.25. The Balaban J connectivity index is 1.84. The molecule has 2 aromatic carbocycles. The molecular formula is C26H27FN4O7S2. The van der Waals surface area contributed by atoms with Crippen molar-refractivity contribution in [3.05, 3.63) is 69.7 Å². The van der Waals surface area contributed by atoms with E-state index in [4.69, 9.17) is 4.74 Å². The van der Waals surface area contributed by atoms with Crippen LogP contribution in [-0.4, -0.2) is 52.2 Å². The van der Waals surface area contributed by atoms with Gasteiger partial charge in [-0.2, -0.15) is 5.26 Å². The summed E-state index contributed by atoms with van der Waals surface area (Å²) in [5, 5.41) is 24.1. The summed E-state index contributed by atoms with van der Waals surface area (Å²) in [4.78, 5) is 14.0. The number of fused-ring (bicyclic) bond motifs is 1. The molecular weight excluding hydrogens is 563 g/mol. The highest BCUT2D eigenvalue weighted by molar-refractivity contribution is 7.96. The third-order valence-electron chi connectivity index (χ3n) is 6.37. The number of amides is 1. The Hall–Kier alpha value is -4.09. The Morgan fingerprint density at radius 3 is 2.48 bits per heavy atom. The number of anilines is 2. The molecule has 0 aromatic heterocycles.